The molecule has 0 spiro atoms. The summed E-state index contributed by atoms with van der Waals surface area (Å²) >= 11 is 0. The first-order chi connectivity index (χ1) is 13.2. The molecule has 2 saturated carbocycles. The quantitative estimate of drug-likeness (QED) is 0.492. The summed E-state index contributed by atoms with van der Waals surface area (Å²) in [6.45, 7) is 3.87. The Bertz CT molecular complexity index is 442. The van der Waals surface area contributed by atoms with Crippen LogP contribution in [-0.2, 0) is 14.2 Å². The van der Waals surface area contributed by atoms with E-state index in [1.54, 1.807) is 0 Å². The third kappa shape index (κ3) is 6.50. The second kappa shape index (κ2) is 10.9. The second-order valence-corrected chi connectivity index (χ2v) is 8.75. The number of hydrogen-bond acceptors (Lipinski definition) is 3. The van der Waals surface area contributed by atoms with Crippen LogP contribution >= 0.6 is 0 Å². The van der Waals surface area contributed by atoms with Gasteiger partial charge in [-0.15, -0.1) is 0 Å². The van der Waals surface area contributed by atoms with Crippen molar-refractivity contribution < 1.29 is 23.0 Å². The molecule has 5 heteroatoms. The molecule has 0 N–H and O–H groups in total. The average molecular weight is 387 g/mol. The highest BCUT2D eigenvalue weighted by atomic mass is 19.3. The highest BCUT2D eigenvalue weighted by molar-refractivity contribution is 4.92. The molecule has 0 amide bonds. The molecule has 3 nitrogen and oxygen atoms in total. The predicted molar refractivity (Wildman–Crippen MR) is 101 cm³/mol. The number of ether oxygens (including phenoxy) is 3. The maximum absolute atomic E-state index is 12.4. The normalized spacial score (nSPS) is 37.7. The predicted octanol–water partition coefficient (Wildman–Crippen LogP) is 6.14. The molecule has 0 aromatic carbocycles. The fourth-order valence-corrected chi connectivity index (χ4v) is 5.24. The molecule has 3 aliphatic rings. The van der Waals surface area contributed by atoms with Crippen molar-refractivity contribution in [3.8, 4) is 0 Å². The van der Waals surface area contributed by atoms with Gasteiger partial charge in [0.1, 0.15) is 0 Å². The molecule has 0 radical (unpaired) electrons. The first kappa shape index (κ1) is 21.2. The number of allylic oxidation sites excluding steroid dienone is 1. The Balaban J connectivity index is 1.33. The summed E-state index contributed by atoms with van der Waals surface area (Å²) in [6.07, 6.45) is 11.0. The zero-order chi connectivity index (χ0) is 19.1. The van der Waals surface area contributed by atoms with Crippen LogP contribution in [0.25, 0.3) is 0 Å². The smallest absolute Gasteiger partial charge is 0.271 e. The molecule has 0 bridgehead atoms. The van der Waals surface area contributed by atoms with Crippen molar-refractivity contribution in [3.63, 3.8) is 0 Å². The fourth-order valence-electron chi connectivity index (χ4n) is 5.24. The molecule has 3 rings (SSSR count). The van der Waals surface area contributed by atoms with Crippen LogP contribution in [0.2, 0.25) is 0 Å². The topological polar surface area (TPSA) is 27.7 Å². The van der Waals surface area contributed by atoms with Gasteiger partial charge in [0.2, 0.25) is 0 Å². The Kier molecular flexibility index (Phi) is 8.53. The Morgan fingerprint density at radius 1 is 0.852 bits per heavy atom. The number of rotatable bonds is 7. The highest BCUT2D eigenvalue weighted by Gasteiger charge is 2.35. The van der Waals surface area contributed by atoms with Crippen LogP contribution < -0.4 is 0 Å². The molecule has 27 heavy (non-hydrogen) atoms. The summed E-state index contributed by atoms with van der Waals surface area (Å²) in [5, 5.41) is 0. The largest absolute Gasteiger partial charge is 0.330 e. The molecular weight excluding hydrogens is 350 g/mol. The van der Waals surface area contributed by atoms with Crippen molar-refractivity contribution in [3.05, 3.63) is 12.2 Å². The average Bonchev–Trinajstić information content (AvgIpc) is 2.69. The number of unbranched alkanes of at least 4 members (excludes halogenated alkanes) is 1. The van der Waals surface area contributed by atoms with Crippen LogP contribution in [0, 0.1) is 29.6 Å². The van der Waals surface area contributed by atoms with Gasteiger partial charge in [0.15, 0.2) is 0 Å². The first-order valence-corrected chi connectivity index (χ1v) is 11.0. The molecule has 3 fully saturated rings. The summed E-state index contributed by atoms with van der Waals surface area (Å²) in [6, 6.07) is 0. The van der Waals surface area contributed by atoms with Gasteiger partial charge in [-0.2, -0.15) is 8.78 Å². The van der Waals surface area contributed by atoms with E-state index in [1.165, 1.54) is 31.8 Å². The molecule has 156 valence electrons. The van der Waals surface area contributed by atoms with Gasteiger partial charge < -0.3 is 14.2 Å². The van der Waals surface area contributed by atoms with Gasteiger partial charge >= 0.3 is 0 Å². The zero-order valence-electron chi connectivity index (χ0n) is 16.7. The molecule has 0 aromatic rings. The zero-order valence-corrected chi connectivity index (χ0v) is 16.7. The molecule has 2 aliphatic carbocycles. The van der Waals surface area contributed by atoms with Gasteiger partial charge in [0.25, 0.3) is 12.6 Å². The minimum atomic E-state index is -1.51. The van der Waals surface area contributed by atoms with E-state index < -0.39 is 12.6 Å². The fraction of sp³-hybridized carbons (Fsp3) is 0.909. The van der Waals surface area contributed by atoms with Crippen LogP contribution in [0.4, 0.5) is 8.78 Å². The summed E-state index contributed by atoms with van der Waals surface area (Å²) in [5.74, 6) is 2.82. The lowest BCUT2D eigenvalue weighted by Gasteiger charge is -2.40. The van der Waals surface area contributed by atoms with Crippen LogP contribution in [-0.4, -0.2) is 26.3 Å². The standard InChI is InChI=1S/C22H36F2O3/c1-2-3-12-25-22-26-14-20(15-27-22)19-10-8-18(9-11-19)17-6-4-16(5-7-17)13-21(23)24/h13,16-20,22H,2-12,14-15H2,1H3. The Morgan fingerprint density at radius 2 is 1.37 bits per heavy atom. The summed E-state index contributed by atoms with van der Waals surface area (Å²) in [5.41, 5.74) is 0. The van der Waals surface area contributed by atoms with Gasteiger partial charge in [-0.05, 0) is 87.5 Å². The van der Waals surface area contributed by atoms with Crippen LogP contribution in [0.15, 0.2) is 12.2 Å². The molecule has 0 unspecified atom stereocenters. The van der Waals surface area contributed by atoms with E-state index in [2.05, 4.69) is 6.92 Å². The Morgan fingerprint density at radius 3 is 1.89 bits per heavy atom. The van der Waals surface area contributed by atoms with E-state index in [4.69, 9.17) is 14.2 Å². The van der Waals surface area contributed by atoms with E-state index in [0.29, 0.717) is 18.4 Å². The maximum Gasteiger partial charge on any atom is 0.271 e. The Labute approximate surface area is 162 Å². The Hall–Kier alpha value is -0.520. The molecule has 1 heterocycles. The van der Waals surface area contributed by atoms with E-state index in [0.717, 1.165) is 63.6 Å². The van der Waals surface area contributed by atoms with Crippen LogP contribution in [0.5, 0.6) is 0 Å². The van der Waals surface area contributed by atoms with Crippen LogP contribution in [0.3, 0.4) is 0 Å². The van der Waals surface area contributed by atoms with E-state index >= 15 is 0 Å². The van der Waals surface area contributed by atoms with Crippen LogP contribution in [0.1, 0.15) is 71.1 Å². The molecule has 0 aromatic heterocycles. The minimum Gasteiger partial charge on any atom is -0.330 e. The van der Waals surface area contributed by atoms with E-state index in [-0.39, 0.29) is 5.92 Å². The van der Waals surface area contributed by atoms with Gasteiger partial charge in [-0.25, -0.2) is 0 Å². The highest BCUT2D eigenvalue weighted by Crippen LogP contribution is 2.43. The van der Waals surface area contributed by atoms with Crippen molar-refractivity contribution in [1.82, 2.24) is 0 Å². The lowest BCUT2D eigenvalue weighted by molar-refractivity contribution is -0.326. The van der Waals surface area contributed by atoms with Gasteiger partial charge in [-0.3, -0.25) is 0 Å². The monoisotopic (exact) mass is 386 g/mol. The summed E-state index contributed by atoms with van der Waals surface area (Å²) < 4.78 is 42.0. The van der Waals surface area contributed by atoms with Crippen molar-refractivity contribution in [2.75, 3.05) is 19.8 Å². The van der Waals surface area contributed by atoms with Gasteiger partial charge in [-0.1, -0.05) is 13.3 Å². The molecule has 1 saturated heterocycles. The third-order valence-electron chi connectivity index (χ3n) is 6.97. The molecular formula is C22H36F2O3. The minimum absolute atomic E-state index is 0.103. The van der Waals surface area contributed by atoms with Crippen molar-refractivity contribution in [1.29, 1.82) is 0 Å². The van der Waals surface area contributed by atoms with E-state index in [1.807, 2.05) is 0 Å². The lowest BCUT2D eigenvalue weighted by atomic mass is 9.67. The van der Waals surface area contributed by atoms with Crippen molar-refractivity contribution >= 4 is 0 Å². The first-order valence-electron chi connectivity index (χ1n) is 11.0. The number of hydrogen-bond donors (Lipinski definition) is 0. The molecule has 0 atom stereocenters. The third-order valence-corrected chi connectivity index (χ3v) is 6.97. The van der Waals surface area contributed by atoms with Crippen molar-refractivity contribution in [2.45, 2.75) is 77.6 Å². The second-order valence-electron chi connectivity index (χ2n) is 8.75. The van der Waals surface area contributed by atoms with E-state index in [9.17, 15) is 8.78 Å². The van der Waals surface area contributed by atoms with Gasteiger partial charge in [0.05, 0.1) is 19.8 Å². The SMILES string of the molecule is CCCCOC1OCC(C2CCC(C3CCC(C=C(F)F)CC3)CC2)CO1. The number of halogens is 2. The van der Waals surface area contributed by atoms with Crippen molar-refractivity contribution in [2.24, 2.45) is 29.6 Å². The molecule has 1 aliphatic heterocycles. The lowest BCUT2D eigenvalue weighted by Crippen LogP contribution is -2.39. The summed E-state index contributed by atoms with van der Waals surface area (Å²) in [4.78, 5) is 0. The maximum atomic E-state index is 12.4. The van der Waals surface area contributed by atoms with Gasteiger partial charge in [0, 0.05) is 5.92 Å². The summed E-state index contributed by atoms with van der Waals surface area (Å²) in [7, 11) is 0.